The summed E-state index contributed by atoms with van der Waals surface area (Å²) in [5, 5.41) is 8.99. The standard InChI is InChI=1S/C10H14O.C9H15N.CH4/c1-8(2)7-9-3-5-10(11)6-4-9;1-9(2,3)7-8-5-4-6-10-8;/h3-6,8,11H,7H2,1-2H3;5-6H,4,7H2,1-3H3;1H4. The minimum atomic E-state index is 0. The van der Waals surface area contributed by atoms with Crippen LogP contribution in [0.3, 0.4) is 0 Å². The Bertz CT molecular complexity index is 475. The van der Waals surface area contributed by atoms with Gasteiger partial charge in [0.15, 0.2) is 0 Å². The van der Waals surface area contributed by atoms with Gasteiger partial charge in [-0.05, 0) is 41.9 Å². The van der Waals surface area contributed by atoms with Crippen molar-refractivity contribution in [1.29, 1.82) is 0 Å². The lowest BCUT2D eigenvalue weighted by Crippen LogP contribution is -2.04. The van der Waals surface area contributed by atoms with Crippen molar-refractivity contribution in [2.45, 2.75) is 61.3 Å². The molecule has 1 aliphatic heterocycles. The Kier molecular flexibility index (Phi) is 8.77. The van der Waals surface area contributed by atoms with Crippen molar-refractivity contribution < 1.29 is 5.11 Å². The molecule has 0 aromatic heterocycles. The largest absolute Gasteiger partial charge is 0.508 e. The van der Waals surface area contributed by atoms with Crippen LogP contribution in [0.25, 0.3) is 0 Å². The summed E-state index contributed by atoms with van der Waals surface area (Å²) in [6.45, 7) is 11.1. The van der Waals surface area contributed by atoms with Crippen molar-refractivity contribution >= 4 is 6.21 Å². The van der Waals surface area contributed by atoms with E-state index in [1.807, 2.05) is 18.3 Å². The zero-order valence-electron chi connectivity index (χ0n) is 14.1. The second-order valence-electron chi connectivity index (χ2n) is 7.24. The molecule has 0 spiro atoms. The van der Waals surface area contributed by atoms with Crippen molar-refractivity contribution in [1.82, 2.24) is 0 Å². The first kappa shape index (κ1) is 20.4. The fraction of sp³-hybridized carbons (Fsp3) is 0.550. The lowest BCUT2D eigenvalue weighted by molar-refractivity contribution is 0.408. The molecule has 1 aromatic carbocycles. The molecule has 22 heavy (non-hydrogen) atoms. The second-order valence-corrected chi connectivity index (χ2v) is 7.24. The molecule has 0 saturated carbocycles. The van der Waals surface area contributed by atoms with Gasteiger partial charge in [0.25, 0.3) is 0 Å². The van der Waals surface area contributed by atoms with Crippen molar-refractivity contribution in [2.24, 2.45) is 16.3 Å². The predicted octanol–water partition coefficient (Wildman–Crippen LogP) is 6.01. The quantitative estimate of drug-likeness (QED) is 0.729. The fourth-order valence-electron chi connectivity index (χ4n) is 2.18. The summed E-state index contributed by atoms with van der Waals surface area (Å²) in [7, 11) is 0. The van der Waals surface area contributed by atoms with Crippen LogP contribution >= 0.6 is 0 Å². The first-order valence-electron chi connectivity index (χ1n) is 7.76. The monoisotopic (exact) mass is 303 g/mol. The molecular weight excluding hydrogens is 270 g/mol. The number of rotatable bonds is 3. The van der Waals surface area contributed by atoms with Gasteiger partial charge in [-0.1, -0.05) is 60.3 Å². The van der Waals surface area contributed by atoms with Crippen molar-refractivity contribution in [3.05, 3.63) is 41.6 Å². The lowest BCUT2D eigenvalue weighted by Gasteiger charge is -2.16. The second kappa shape index (κ2) is 9.45. The van der Waals surface area contributed by atoms with Gasteiger partial charge in [0, 0.05) is 18.3 Å². The summed E-state index contributed by atoms with van der Waals surface area (Å²) in [5.74, 6) is 1.03. The minimum absolute atomic E-state index is 0. The van der Waals surface area contributed by atoms with E-state index >= 15 is 0 Å². The van der Waals surface area contributed by atoms with Gasteiger partial charge in [0.1, 0.15) is 5.75 Å². The average molecular weight is 303 g/mol. The Labute approximate surface area is 137 Å². The SMILES string of the molecule is C.CC(C)(C)CC1=CCC=N1.CC(C)Cc1ccc(O)cc1. The molecule has 0 radical (unpaired) electrons. The molecule has 0 saturated heterocycles. The Morgan fingerprint density at radius 2 is 1.73 bits per heavy atom. The van der Waals surface area contributed by atoms with E-state index in [2.05, 4.69) is 45.7 Å². The van der Waals surface area contributed by atoms with Crippen LogP contribution in [0.4, 0.5) is 0 Å². The van der Waals surface area contributed by atoms with Crippen LogP contribution < -0.4 is 0 Å². The van der Waals surface area contributed by atoms with Crippen LogP contribution in [0.1, 0.15) is 60.5 Å². The van der Waals surface area contributed by atoms with E-state index in [0.29, 0.717) is 17.1 Å². The Morgan fingerprint density at radius 1 is 1.14 bits per heavy atom. The molecular formula is C20H33NO. The van der Waals surface area contributed by atoms with Gasteiger partial charge in [-0.3, -0.25) is 4.99 Å². The molecule has 0 aliphatic carbocycles. The Balaban J connectivity index is 0.000000385. The fourth-order valence-corrected chi connectivity index (χ4v) is 2.18. The summed E-state index contributed by atoms with van der Waals surface area (Å²) >= 11 is 0. The van der Waals surface area contributed by atoms with Gasteiger partial charge >= 0.3 is 0 Å². The van der Waals surface area contributed by atoms with Crippen molar-refractivity contribution in [3.8, 4) is 5.75 Å². The van der Waals surface area contributed by atoms with E-state index in [1.54, 1.807) is 12.1 Å². The van der Waals surface area contributed by atoms with E-state index in [-0.39, 0.29) is 7.43 Å². The van der Waals surface area contributed by atoms with Crippen LogP contribution in [0.2, 0.25) is 0 Å². The number of nitrogens with zero attached hydrogens (tertiary/aromatic N) is 1. The molecule has 0 atom stereocenters. The van der Waals surface area contributed by atoms with Gasteiger partial charge in [0.2, 0.25) is 0 Å². The molecule has 0 fully saturated rings. The Hall–Kier alpha value is -1.57. The zero-order valence-corrected chi connectivity index (χ0v) is 14.1. The summed E-state index contributed by atoms with van der Waals surface area (Å²) in [4.78, 5) is 4.26. The maximum atomic E-state index is 8.99. The first-order valence-corrected chi connectivity index (χ1v) is 7.76. The maximum absolute atomic E-state index is 8.99. The molecule has 1 aromatic rings. The van der Waals surface area contributed by atoms with Gasteiger partial charge in [-0.2, -0.15) is 0 Å². The number of hydrogen-bond donors (Lipinski definition) is 1. The highest BCUT2D eigenvalue weighted by atomic mass is 16.3. The minimum Gasteiger partial charge on any atom is -0.508 e. The van der Waals surface area contributed by atoms with Gasteiger partial charge in [-0.15, -0.1) is 0 Å². The number of benzene rings is 1. The molecule has 1 aliphatic rings. The number of aromatic hydroxyl groups is 1. The Morgan fingerprint density at radius 3 is 2.14 bits per heavy atom. The third-order valence-electron chi connectivity index (χ3n) is 3.01. The molecule has 0 unspecified atom stereocenters. The summed E-state index contributed by atoms with van der Waals surface area (Å²) < 4.78 is 0. The topological polar surface area (TPSA) is 32.6 Å². The highest BCUT2D eigenvalue weighted by Gasteiger charge is 2.13. The van der Waals surface area contributed by atoms with E-state index in [4.69, 9.17) is 5.11 Å². The van der Waals surface area contributed by atoms with Crippen LogP contribution in [0.15, 0.2) is 41.0 Å². The maximum Gasteiger partial charge on any atom is 0.115 e. The smallest absolute Gasteiger partial charge is 0.115 e. The van der Waals surface area contributed by atoms with Crippen molar-refractivity contribution in [3.63, 3.8) is 0 Å². The zero-order chi connectivity index (χ0) is 15.9. The normalized spacial score (nSPS) is 13.3. The molecule has 2 nitrogen and oxygen atoms in total. The van der Waals surface area contributed by atoms with Crippen molar-refractivity contribution in [2.75, 3.05) is 0 Å². The predicted molar refractivity (Wildman–Crippen MR) is 98.6 cm³/mol. The van der Waals surface area contributed by atoms with Crippen LogP contribution in [0.5, 0.6) is 5.75 Å². The molecule has 0 amide bonds. The van der Waals surface area contributed by atoms with Crippen LogP contribution in [-0.4, -0.2) is 11.3 Å². The number of phenolic OH excluding ortho intramolecular Hbond substituents is 1. The van der Waals surface area contributed by atoms with E-state index in [9.17, 15) is 0 Å². The van der Waals surface area contributed by atoms with Gasteiger partial charge in [0.05, 0.1) is 0 Å². The first-order chi connectivity index (χ1) is 9.76. The highest BCUT2D eigenvalue weighted by molar-refractivity contribution is 5.64. The lowest BCUT2D eigenvalue weighted by atomic mass is 9.91. The summed E-state index contributed by atoms with van der Waals surface area (Å²) in [5.41, 5.74) is 2.93. The molecule has 0 bridgehead atoms. The molecule has 1 N–H and O–H groups in total. The summed E-state index contributed by atoms with van der Waals surface area (Å²) in [6, 6.07) is 7.40. The van der Waals surface area contributed by atoms with Gasteiger partial charge < -0.3 is 5.11 Å². The highest BCUT2D eigenvalue weighted by Crippen LogP contribution is 2.26. The van der Waals surface area contributed by atoms with E-state index < -0.39 is 0 Å². The third kappa shape index (κ3) is 9.38. The van der Waals surface area contributed by atoms with Crippen LogP contribution in [0, 0.1) is 11.3 Å². The van der Waals surface area contributed by atoms with Gasteiger partial charge in [-0.25, -0.2) is 0 Å². The molecule has 124 valence electrons. The number of phenols is 1. The molecule has 2 heteroatoms. The van der Waals surface area contributed by atoms with E-state index in [1.165, 1.54) is 11.3 Å². The number of aliphatic imine (C=N–C) groups is 1. The third-order valence-corrected chi connectivity index (χ3v) is 3.01. The molecule has 1 heterocycles. The number of allylic oxidation sites excluding steroid dienone is 2. The summed E-state index contributed by atoms with van der Waals surface area (Å²) in [6.07, 6.45) is 7.39. The van der Waals surface area contributed by atoms with Crippen LogP contribution in [-0.2, 0) is 6.42 Å². The number of hydrogen-bond acceptors (Lipinski definition) is 2. The average Bonchev–Trinajstić information content (AvgIpc) is 2.83. The van der Waals surface area contributed by atoms with E-state index in [0.717, 1.165) is 19.3 Å². The molecule has 2 rings (SSSR count).